The van der Waals surface area contributed by atoms with E-state index in [9.17, 15) is 0 Å². The zero-order valence-electron chi connectivity index (χ0n) is 18.4. The normalized spacial score (nSPS) is 15.4. The van der Waals surface area contributed by atoms with Crippen LogP contribution in [-0.4, -0.2) is 65.4 Å². The van der Waals surface area contributed by atoms with Gasteiger partial charge in [-0.2, -0.15) is 0 Å². The van der Waals surface area contributed by atoms with Crippen LogP contribution in [0.1, 0.15) is 31.7 Å². The van der Waals surface area contributed by atoms with Crippen molar-refractivity contribution in [2.75, 3.05) is 54.6 Å². The molecule has 1 aromatic carbocycles. The molecule has 8 heteroatoms. The van der Waals surface area contributed by atoms with Gasteiger partial charge < -0.3 is 29.7 Å². The number of guanidine groups is 1. The Morgan fingerprint density at radius 1 is 1.07 bits per heavy atom. The Bertz CT molecular complexity index is 609. The average Bonchev–Trinajstić information content (AvgIpc) is 2.72. The van der Waals surface area contributed by atoms with Crippen LogP contribution in [0.2, 0.25) is 0 Å². The highest BCUT2D eigenvalue weighted by Gasteiger charge is 2.16. The van der Waals surface area contributed by atoms with E-state index >= 15 is 0 Å². The highest BCUT2D eigenvalue weighted by atomic mass is 127. The summed E-state index contributed by atoms with van der Waals surface area (Å²) in [4.78, 5) is 7.13. The van der Waals surface area contributed by atoms with Gasteiger partial charge in [-0.15, -0.1) is 24.0 Å². The molecule has 0 amide bonds. The Hall–Kier alpha value is -1.42. The molecule has 0 unspecified atom stereocenters. The number of rotatable bonds is 9. The van der Waals surface area contributed by atoms with Gasteiger partial charge in [0, 0.05) is 13.1 Å². The van der Waals surface area contributed by atoms with Crippen LogP contribution in [0.25, 0.3) is 0 Å². The third-order valence-corrected chi connectivity index (χ3v) is 5.17. The minimum absolute atomic E-state index is 0. The number of hydrogen-bond donors (Lipinski definition) is 2. The van der Waals surface area contributed by atoms with Gasteiger partial charge in [0.05, 0.1) is 27.9 Å². The monoisotopic (exact) mass is 520 g/mol. The van der Waals surface area contributed by atoms with Crippen LogP contribution >= 0.6 is 24.0 Å². The van der Waals surface area contributed by atoms with E-state index in [4.69, 9.17) is 19.2 Å². The molecule has 0 atom stereocenters. The van der Waals surface area contributed by atoms with Crippen molar-refractivity contribution < 1.29 is 14.2 Å². The van der Waals surface area contributed by atoms with Crippen LogP contribution in [0, 0.1) is 5.92 Å². The molecule has 1 aliphatic heterocycles. The molecular weight excluding hydrogens is 483 g/mol. The molecule has 0 aromatic heterocycles. The number of nitrogens with one attached hydrogen (secondary N) is 2. The van der Waals surface area contributed by atoms with Gasteiger partial charge in [0.25, 0.3) is 0 Å². The first-order valence-corrected chi connectivity index (χ1v) is 10.1. The molecule has 1 aliphatic rings. The highest BCUT2D eigenvalue weighted by Crippen LogP contribution is 2.38. The molecule has 1 saturated heterocycles. The Balaban J connectivity index is 0.00000420. The SMILES string of the molecule is CCNC(=NCc1cc(OC)c(OC)c(OC)c1)NCCC1CCN(C)CC1.I. The molecule has 0 spiro atoms. The summed E-state index contributed by atoms with van der Waals surface area (Å²) in [6.45, 7) is 6.79. The summed E-state index contributed by atoms with van der Waals surface area (Å²) in [7, 11) is 7.06. The highest BCUT2D eigenvalue weighted by molar-refractivity contribution is 14.0. The number of aliphatic imine (C=N–C) groups is 1. The van der Waals surface area contributed by atoms with Gasteiger partial charge in [0.15, 0.2) is 17.5 Å². The minimum atomic E-state index is 0. The van der Waals surface area contributed by atoms with Crippen LogP contribution in [0.5, 0.6) is 17.2 Å². The first kappa shape index (κ1) is 25.6. The maximum atomic E-state index is 5.43. The fourth-order valence-corrected chi connectivity index (χ4v) is 3.48. The zero-order chi connectivity index (χ0) is 20.4. The number of nitrogens with zero attached hydrogens (tertiary/aromatic N) is 2. The van der Waals surface area contributed by atoms with Crippen molar-refractivity contribution in [3.05, 3.63) is 17.7 Å². The lowest BCUT2D eigenvalue weighted by molar-refractivity contribution is 0.213. The number of benzene rings is 1. The maximum absolute atomic E-state index is 5.43. The van der Waals surface area contributed by atoms with Gasteiger partial charge >= 0.3 is 0 Å². The van der Waals surface area contributed by atoms with Crippen molar-refractivity contribution in [3.63, 3.8) is 0 Å². The molecule has 166 valence electrons. The van der Waals surface area contributed by atoms with Gasteiger partial charge in [-0.3, -0.25) is 0 Å². The van der Waals surface area contributed by atoms with E-state index in [0.717, 1.165) is 30.5 Å². The Morgan fingerprint density at radius 3 is 2.21 bits per heavy atom. The van der Waals surface area contributed by atoms with Gasteiger partial charge in [-0.05, 0) is 69.9 Å². The van der Waals surface area contributed by atoms with E-state index in [1.165, 1.54) is 32.4 Å². The van der Waals surface area contributed by atoms with E-state index in [2.05, 4.69) is 29.5 Å². The largest absolute Gasteiger partial charge is 0.493 e. The number of likely N-dealkylation sites (tertiary alicyclic amines) is 1. The van der Waals surface area contributed by atoms with Crippen LogP contribution in [-0.2, 0) is 6.54 Å². The summed E-state index contributed by atoms with van der Waals surface area (Å²) in [5.74, 6) is 3.53. The summed E-state index contributed by atoms with van der Waals surface area (Å²) in [5, 5.41) is 6.79. The fourth-order valence-electron chi connectivity index (χ4n) is 3.48. The lowest BCUT2D eigenvalue weighted by atomic mass is 9.94. The molecule has 29 heavy (non-hydrogen) atoms. The van der Waals surface area contributed by atoms with E-state index in [1.54, 1.807) is 21.3 Å². The predicted octanol–water partition coefficient (Wildman–Crippen LogP) is 3.12. The molecule has 0 saturated carbocycles. The number of methoxy groups -OCH3 is 3. The fraction of sp³-hybridized carbons (Fsp3) is 0.667. The van der Waals surface area contributed by atoms with Crippen molar-refractivity contribution in [1.29, 1.82) is 0 Å². The van der Waals surface area contributed by atoms with Crippen LogP contribution in [0.3, 0.4) is 0 Å². The maximum Gasteiger partial charge on any atom is 0.203 e. The first-order chi connectivity index (χ1) is 13.6. The quantitative estimate of drug-likeness (QED) is 0.297. The van der Waals surface area contributed by atoms with Gasteiger partial charge in [0.2, 0.25) is 5.75 Å². The van der Waals surface area contributed by atoms with Gasteiger partial charge in [-0.25, -0.2) is 4.99 Å². The van der Waals surface area contributed by atoms with E-state index in [-0.39, 0.29) is 24.0 Å². The summed E-state index contributed by atoms with van der Waals surface area (Å²) >= 11 is 0. The van der Waals surface area contributed by atoms with Crippen LogP contribution in [0.15, 0.2) is 17.1 Å². The van der Waals surface area contributed by atoms with Gasteiger partial charge in [0.1, 0.15) is 0 Å². The first-order valence-electron chi connectivity index (χ1n) is 10.1. The lowest BCUT2D eigenvalue weighted by Crippen LogP contribution is -2.39. The second-order valence-electron chi connectivity index (χ2n) is 7.19. The van der Waals surface area contributed by atoms with E-state index < -0.39 is 0 Å². The molecule has 1 heterocycles. The number of hydrogen-bond acceptors (Lipinski definition) is 5. The molecule has 2 N–H and O–H groups in total. The third kappa shape index (κ3) is 8.08. The summed E-state index contributed by atoms with van der Waals surface area (Å²) in [5.41, 5.74) is 1.00. The predicted molar refractivity (Wildman–Crippen MR) is 129 cm³/mol. The topological polar surface area (TPSA) is 67.4 Å². The second kappa shape index (κ2) is 13.7. The van der Waals surface area contributed by atoms with Crippen molar-refractivity contribution in [2.45, 2.75) is 32.7 Å². The molecule has 1 fully saturated rings. The van der Waals surface area contributed by atoms with Crippen molar-refractivity contribution in [1.82, 2.24) is 15.5 Å². The van der Waals surface area contributed by atoms with E-state index in [1.807, 2.05) is 12.1 Å². The molecule has 0 radical (unpaired) electrons. The molecular formula is C21H37IN4O3. The van der Waals surface area contributed by atoms with Crippen molar-refractivity contribution >= 4 is 29.9 Å². The molecule has 0 aliphatic carbocycles. The zero-order valence-corrected chi connectivity index (χ0v) is 20.7. The summed E-state index contributed by atoms with van der Waals surface area (Å²) < 4.78 is 16.2. The number of piperidine rings is 1. The van der Waals surface area contributed by atoms with Crippen LogP contribution in [0.4, 0.5) is 0 Å². The van der Waals surface area contributed by atoms with Gasteiger partial charge in [-0.1, -0.05) is 0 Å². The Labute approximate surface area is 192 Å². The lowest BCUT2D eigenvalue weighted by Gasteiger charge is -2.29. The summed E-state index contributed by atoms with van der Waals surface area (Å²) in [6.07, 6.45) is 3.76. The average molecular weight is 520 g/mol. The Kier molecular flexibility index (Phi) is 12.1. The minimum Gasteiger partial charge on any atom is -0.493 e. The van der Waals surface area contributed by atoms with Crippen LogP contribution < -0.4 is 24.8 Å². The number of halogens is 1. The van der Waals surface area contributed by atoms with Crippen molar-refractivity contribution in [3.8, 4) is 17.2 Å². The van der Waals surface area contributed by atoms with Crippen molar-refractivity contribution in [2.24, 2.45) is 10.9 Å². The number of ether oxygens (including phenoxy) is 3. The molecule has 7 nitrogen and oxygen atoms in total. The smallest absolute Gasteiger partial charge is 0.203 e. The Morgan fingerprint density at radius 2 is 1.69 bits per heavy atom. The molecule has 1 aromatic rings. The summed E-state index contributed by atoms with van der Waals surface area (Å²) in [6, 6.07) is 3.87. The standard InChI is InChI=1S/C21H36N4O3.HI/c1-6-22-21(23-10-7-16-8-11-25(2)12-9-16)24-15-17-13-18(26-3)20(28-5)19(14-17)27-4;/h13-14,16H,6-12,15H2,1-5H3,(H2,22,23,24);1H. The molecule has 2 rings (SSSR count). The third-order valence-electron chi connectivity index (χ3n) is 5.17. The molecule has 0 bridgehead atoms. The second-order valence-corrected chi connectivity index (χ2v) is 7.19. The van der Waals surface area contributed by atoms with E-state index in [0.29, 0.717) is 23.8 Å².